The van der Waals surface area contributed by atoms with Crippen LogP contribution in [0.5, 0.6) is 0 Å². The number of esters is 1. The molecule has 114 valence electrons. The Balaban J connectivity index is 1.63. The molecule has 0 saturated heterocycles. The average Bonchev–Trinajstić information content (AvgIpc) is 2.98. The SMILES string of the molecule is Cc1cc(C(=O)OCC(=O)c2ccc3c(c2)CCCC3)on1. The number of Topliss-reactive ketones (excluding diaryl/α,β-unsaturated/α-hetero) is 1. The van der Waals surface area contributed by atoms with Crippen molar-refractivity contribution < 1.29 is 18.8 Å². The zero-order valence-electron chi connectivity index (χ0n) is 12.4. The van der Waals surface area contributed by atoms with E-state index in [1.54, 1.807) is 13.0 Å². The molecular weight excluding hydrogens is 282 g/mol. The zero-order valence-corrected chi connectivity index (χ0v) is 12.4. The fourth-order valence-electron chi connectivity index (χ4n) is 2.65. The second-order valence-electron chi connectivity index (χ2n) is 5.52. The second-order valence-corrected chi connectivity index (χ2v) is 5.52. The number of nitrogens with zero attached hydrogens (tertiary/aromatic N) is 1. The highest BCUT2D eigenvalue weighted by Gasteiger charge is 2.17. The van der Waals surface area contributed by atoms with Gasteiger partial charge >= 0.3 is 5.97 Å². The molecular formula is C17H17NO4. The Morgan fingerprint density at radius 2 is 1.95 bits per heavy atom. The molecule has 0 bridgehead atoms. The lowest BCUT2D eigenvalue weighted by molar-refractivity contribution is 0.0435. The van der Waals surface area contributed by atoms with Crippen LogP contribution in [0.2, 0.25) is 0 Å². The number of ketones is 1. The van der Waals surface area contributed by atoms with E-state index >= 15 is 0 Å². The molecule has 1 aliphatic carbocycles. The molecule has 0 atom stereocenters. The highest BCUT2D eigenvalue weighted by molar-refractivity contribution is 5.99. The molecule has 0 unspecified atom stereocenters. The van der Waals surface area contributed by atoms with Crippen LogP contribution in [0.1, 0.15) is 50.6 Å². The maximum atomic E-state index is 12.1. The molecule has 1 aromatic carbocycles. The Hall–Kier alpha value is -2.43. The van der Waals surface area contributed by atoms with E-state index < -0.39 is 5.97 Å². The van der Waals surface area contributed by atoms with Gasteiger partial charge in [-0.2, -0.15) is 0 Å². The molecule has 0 spiro atoms. The van der Waals surface area contributed by atoms with Crippen molar-refractivity contribution in [3.63, 3.8) is 0 Å². The van der Waals surface area contributed by atoms with Crippen molar-refractivity contribution in [3.05, 3.63) is 52.4 Å². The summed E-state index contributed by atoms with van der Waals surface area (Å²) in [6.07, 6.45) is 4.44. The number of benzene rings is 1. The molecule has 0 fully saturated rings. The van der Waals surface area contributed by atoms with Gasteiger partial charge < -0.3 is 9.26 Å². The van der Waals surface area contributed by atoms with Gasteiger partial charge in [0.15, 0.2) is 12.4 Å². The predicted octanol–water partition coefficient (Wildman–Crippen LogP) is 2.90. The zero-order chi connectivity index (χ0) is 15.5. The van der Waals surface area contributed by atoms with Crippen LogP contribution in [0.4, 0.5) is 0 Å². The number of ether oxygens (including phenoxy) is 1. The third kappa shape index (κ3) is 3.08. The number of rotatable bonds is 4. The van der Waals surface area contributed by atoms with Crippen LogP contribution in [-0.2, 0) is 17.6 Å². The summed E-state index contributed by atoms with van der Waals surface area (Å²) in [5.74, 6) is -0.874. The predicted molar refractivity (Wildman–Crippen MR) is 78.9 cm³/mol. The van der Waals surface area contributed by atoms with Crippen LogP contribution in [0.15, 0.2) is 28.8 Å². The second kappa shape index (κ2) is 6.13. The standard InChI is InChI=1S/C17H17NO4/c1-11-8-16(22-18-11)17(20)21-10-15(19)14-7-6-12-4-2-3-5-13(12)9-14/h6-9H,2-5,10H2,1H3. The normalized spacial score (nSPS) is 13.5. The first-order valence-electron chi connectivity index (χ1n) is 7.39. The minimum absolute atomic E-state index is 0.00995. The molecule has 0 radical (unpaired) electrons. The molecule has 0 saturated carbocycles. The molecule has 1 aromatic heterocycles. The smallest absolute Gasteiger partial charge is 0.377 e. The first-order chi connectivity index (χ1) is 10.6. The molecule has 1 aliphatic rings. The first-order valence-corrected chi connectivity index (χ1v) is 7.39. The maximum absolute atomic E-state index is 12.1. The summed E-state index contributed by atoms with van der Waals surface area (Å²) in [5, 5.41) is 3.61. The Labute approximate surface area is 128 Å². The highest BCUT2D eigenvalue weighted by Crippen LogP contribution is 2.22. The number of fused-ring (bicyclic) bond motifs is 1. The van der Waals surface area contributed by atoms with Crippen LogP contribution >= 0.6 is 0 Å². The van der Waals surface area contributed by atoms with Crippen LogP contribution in [0.3, 0.4) is 0 Å². The van der Waals surface area contributed by atoms with E-state index in [4.69, 9.17) is 9.26 Å². The van der Waals surface area contributed by atoms with Gasteiger partial charge in [-0.3, -0.25) is 4.79 Å². The van der Waals surface area contributed by atoms with Crippen molar-refractivity contribution in [2.24, 2.45) is 0 Å². The highest BCUT2D eigenvalue weighted by atomic mass is 16.6. The molecule has 22 heavy (non-hydrogen) atoms. The number of carbonyl (C=O) groups excluding carboxylic acids is 2. The molecule has 0 aliphatic heterocycles. The van der Waals surface area contributed by atoms with E-state index in [9.17, 15) is 9.59 Å². The summed E-state index contributed by atoms with van der Waals surface area (Å²) in [7, 11) is 0. The Morgan fingerprint density at radius 3 is 2.68 bits per heavy atom. The number of hydrogen-bond donors (Lipinski definition) is 0. The topological polar surface area (TPSA) is 69.4 Å². The number of hydrogen-bond acceptors (Lipinski definition) is 5. The maximum Gasteiger partial charge on any atom is 0.377 e. The van der Waals surface area contributed by atoms with E-state index in [1.807, 2.05) is 12.1 Å². The monoisotopic (exact) mass is 299 g/mol. The Bertz CT molecular complexity index is 717. The average molecular weight is 299 g/mol. The number of aromatic nitrogens is 1. The Kier molecular flexibility index (Phi) is 4.04. The third-order valence-electron chi connectivity index (χ3n) is 3.83. The fraction of sp³-hybridized carbons (Fsp3) is 0.353. The summed E-state index contributed by atoms with van der Waals surface area (Å²) < 4.78 is 9.78. The van der Waals surface area contributed by atoms with Crippen LogP contribution < -0.4 is 0 Å². The molecule has 5 heteroatoms. The summed E-state index contributed by atoms with van der Waals surface area (Å²) in [6, 6.07) is 7.21. The quantitative estimate of drug-likeness (QED) is 0.641. The van der Waals surface area contributed by atoms with Crippen molar-refractivity contribution >= 4 is 11.8 Å². The van der Waals surface area contributed by atoms with Gasteiger partial charge in [0.1, 0.15) is 0 Å². The van der Waals surface area contributed by atoms with Gasteiger partial charge in [-0.25, -0.2) is 4.79 Å². The number of carbonyl (C=O) groups is 2. The third-order valence-corrected chi connectivity index (χ3v) is 3.83. The van der Waals surface area contributed by atoms with Crippen molar-refractivity contribution in [3.8, 4) is 0 Å². The van der Waals surface area contributed by atoms with Gasteiger partial charge in [-0.05, 0) is 49.8 Å². The fourth-order valence-corrected chi connectivity index (χ4v) is 2.65. The van der Waals surface area contributed by atoms with Crippen molar-refractivity contribution in [1.29, 1.82) is 0 Å². The molecule has 5 nitrogen and oxygen atoms in total. The van der Waals surface area contributed by atoms with Crippen LogP contribution in [0, 0.1) is 6.92 Å². The Morgan fingerprint density at radius 1 is 1.18 bits per heavy atom. The largest absolute Gasteiger partial charge is 0.451 e. The first kappa shape index (κ1) is 14.5. The van der Waals surface area contributed by atoms with E-state index in [2.05, 4.69) is 5.16 Å². The van der Waals surface area contributed by atoms with Gasteiger partial charge in [-0.15, -0.1) is 0 Å². The minimum Gasteiger partial charge on any atom is -0.451 e. The molecule has 0 N–H and O–H groups in total. The molecule has 0 amide bonds. The van der Waals surface area contributed by atoms with Crippen LogP contribution in [0.25, 0.3) is 0 Å². The van der Waals surface area contributed by atoms with E-state index in [-0.39, 0.29) is 18.2 Å². The van der Waals surface area contributed by atoms with Gasteiger partial charge in [0.25, 0.3) is 0 Å². The summed E-state index contributed by atoms with van der Waals surface area (Å²) in [4.78, 5) is 23.9. The van der Waals surface area contributed by atoms with Crippen molar-refractivity contribution in [2.75, 3.05) is 6.61 Å². The van der Waals surface area contributed by atoms with Crippen molar-refractivity contribution in [2.45, 2.75) is 32.6 Å². The van der Waals surface area contributed by atoms with Crippen molar-refractivity contribution in [1.82, 2.24) is 5.16 Å². The van der Waals surface area contributed by atoms with E-state index in [0.29, 0.717) is 11.3 Å². The molecule has 1 heterocycles. The number of aryl methyl sites for hydroxylation is 3. The van der Waals surface area contributed by atoms with E-state index in [0.717, 1.165) is 19.3 Å². The lowest BCUT2D eigenvalue weighted by Gasteiger charge is -2.16. The van der Waals surface area contributed by atoms with Gasteiger partial charge in [0.05, 0.1) is 5.69 Å². The molecule has 2 aromatic rings. The molecule has 3 rings (SSSR count). The van der Waals surface area contributed by atoms with Gasteiger partial charge in [0, 0.05) is 11.6 Å². The summed E-state index contributed by atoms with van der Waals surface area (Å²) in [6.45, 7) is 1.41. The summed E-state index contributed by atoms with van der Waals surface area (Å²) >= 11 is 0. The lowest BCUT2D eigenvalue weighted by atomic mass is 9.90. The lowest BCUT2D eigenvalue weighted by Crippen LogP contribution is -2.15. The van der Waals surface area contributed by atoms with Gasteiger partial charge in [0.2, 0.25) is 5.76 Å². The summed E-state index contributed by atoms with van der Waals surface area (Å²) in [5.41, 5.74) is 3.72. The van der Waals surface area contributed by atoms with E-state index in [1.165, 1.54) is 23.6 Å². The minimum atomic E-state index is -0.674. The van der Waals surface area contributed by atoms with Crippen LogP contribution in [-0.4, -0.2) is 23.5 Å². The van der Waals surface area contributed by atoms with Gasteiger partial charge in [-0.1, -0.05) is 17.3 Å².